The van der Waals surface area contributed by atoms with Gasteiger partial charge in [0.1, 0.15) is 0 Å². The second kappa shape index (κ2) is 4.88. The molecule has 0 atom stereocenters. The molecular formula is C10H13ClN4S2. The number of anilines is 1. The Morgan fingerprint density at radius 3 is 2.59 bits per heavy atom. The van der Waals surface area contributed by atoms with Gasteiger partial charge in [0.25, 0.3) is 0 Å². The third-order valence-corrected chi connectivity index (χ3v) is 5.22. The number of thioether (sulfide) groups is 1. The molecule has 0 amide bonds. The van der Waals surface area contributed by atoms with Gasteiger partial charge in [-0.1, -0.05) is 22.9 Å². The lowest BCUT2D eigenvalue weighted by Crippen LogP contribution is -1.96. The Morgan fingerprint density at radius 1 is 1.41 bits per heavy atom. The first-order valence-corrected chi connectivity index (χ1v) is 7.20. The topological polar surface area (TPSA) is 56.7 Å². The number of halogens is 1. The van der Waals surface area contributed by atoms with Crippen LogP contribution in [0.5, 0.6) is 0 Å². The van der Waals surface area contributed by atoms with E-state index in [4.69, 9.17) is 17.3 Å². The highest BCUT2D eigenvalue weighted by Gasteiger charge is 2.13. The highest BCUT2D eigenvalue weighted by atomic mass is 35.5. The maximum absolute atomic E-state index is 6.19. The molecule has 0 fully saturated rings. The molecule has 2 N–H and O–H groups in total. The van der Waals surface area contributed by atoms with Gasteiger partial charge in [-0.25, -0.2) is 4.98 Å². The Bertz CT molecular complexity index is 547. The average Bonchev–Trinajstić information content (AvgIpc) is 2.67. The fourth-order valence-corrected chi connectivity index (χ4v) is 3.90. The Kier molecular flexibility index (Phi) is 3.65. The minimum atomic E-state index is 0.609. The molecule has 0 aromatic carbocycles. The van der Waals surface area contributed by atoms with Crippen LogP contribution in [0, 0.1) is 13.8 Å². The lowest BCUT2D eigenvalue weighted by molar-refractivity contribution is 0.727. The molecule has 2 aromatic rings. The van der Waals surface area contributed by atoms with Crippen LogP contribution in [0.3, 0.4) is 0 Å². The number of aromatic nitrogens is 3. The van der Waals surface area contributed by atoms with Gasteiger partial charge in [0.05, 0.1) is 26.3 Å². The van der Waals surface area contributed by atoms with E-state index in [-0.39, 0.29) is 0 Å². The number of thiazole rings is 1. The predicted molar refractivity (Wildman–Crippen MR) is 73.8 cm³/mol. The number of hydrogen-bond acceptors (Lipinski definition) is 5. The molecule has 2 aromatic heterocycles. The SMILES string of the molecule is Cc1nc(N)sc1SCc1c(Cl)c(C)nn1C. The van der Waals surface area contributed by atoms with Crippen molar-refractivity contribution in [1.82, 2.24) is 14.8 Å². The van der Waals surface area contributed by atoms with Crippen molar-refractivity contribution in [3.05, 3.63) is 22.1 Å². The second-order valence-corrected chi connectivity index (χ2v) is 6.34. The summed E-state index contributed by atoms with van der Waals surface area (Å²) >= 11 is 9.39. The van der Waals surface area contributed by atoms with E-state index >= 15 is 0 Å². The molecule has 0 radical (unpaired) electrons. The Labute approximate surface area is 113 Å². The Morgan fingerprint density at radius 2 is 2.12 bits per heavy atom. The molecular weight excluding hydrogens is 276 g/mol. The second-order valence-electron chi connectivity index (χ2n) is 3.68. The summed E-state index contributed by atoms with van der Waals surface area (Å²) in [5, 5.41) is 5.64. The van der Waals surface area contributed by atoms with E-state index in [1.165, 1.54) is 11.3 Å². The third-order valence-electron chi connectivity index (χ3n) is 2.37. The molecule has 92 valence electrons. The first kappa shape index (κ1) is 12.7. The van der Waals surface area contributed by atoms with Crippen LogP contribution in [0.2, 0.25) is 5.02 Å². The summed E-state index contributed by atoms with van der Waals surface area (Å²) in [4.78, 5) is 4.19. The number of aryl methyl sites for hydroxylation is 3. The molecule has 0 saturated heterocycles. The smallest absolute Gasteiger partial charge is 0.181 e. The van der Waals surface area contributed by atoms with Crippen LogP contribution in [-0.4, -0.2) is 14.8 Å². The molecule has 0 aliphatic heterocycles. The van der Waals surface area contributed by atoms with Crippen LogP contribution >= 0.6 is 34.7 Å². The summed E-state index contributed by atoms with van der Waals surface area (Å²) in [6, 6.07) is 0. The first-order chi connectivity index (χ1) is 7.99. The number of rotatable bonds is 3. The minimum absolute atomic E-state index is 0.609. The molecule has 0 bridgehead atoms. The van der Waals surface area contributed by atoms with Crippen molar-refractivity contribution in [2.24, 2.45) is 7.05 Å². The van der Waals surface area contributed by atoms with E-state index in [0.717, 1.165) is 32.1 Å². The van der Waals surface area contributed by atoms with Gasteiger partial charge >= 0.3 is 0 Å². The molecule has 0 aliphatic carbocycles. The largest absolute Gasteiger partial charge is 0.375 e. The van der Waals surface area contributed by atoms with Crippen LogP contribution in [0.25, 0.3) is 0 Å². The molecule has 0 spiro atoms. The summed E-state index contributed by atoms with van der Waals surface area (Å²) in [6.07, 6.45) is 0. The summed E-state index contributed by atoms with van der Waals surface area (Å²) in [6.45, 7) is 3.87. The molecule has 2 rings (SSSR count). The average molecular weight is 289 g/mol. The number of nitrogens with zero attached hydrogens (tertiary/aromatic N) is 3. The molecule has 17 heavy (non-hydrogen) atoms. The highest BCUT2D eigenvalue weighted by Crippen LogP contribution is 2.34. The summed E-state index contributed by atoms with van der Waals surface area (Å²) < 4.78 is 2.96. The fourth-order valence-electron chi connectivity index (χ4n) is 1.51. The van der Waals surface area contributed by atoms with Crippen molar-refractivity contribution in [2.75, 3.05) is 5.73 Å². The monoisotopic (exact) mass is 288 g/mol. The number of nitrogens with two attached hydrogens (primary N) is 1. The van der Waals surface area contributed by atoms with E-state index in [0.29, 0.717) is 5.13 Å². The molecule has 7 heteroatoms. The fraction of sp³-hybridized carbons (Fsp3) is 0.400. The Hall–Kier alpha value is -0.720. The highest BCUT2D eigenvalue weighted by molar-refractivity contribution is 8.00. The molecule has 0 unspecified atom stereocenters. The van der Waals surface area contributed by atoms with Crippen molar-refractivity contribution >= 4 is 39.8 Å². The van der Waals surface area contributed by atoms with Crippen molar-refractivity contribution in [3.8, 4) is 0 Å². The maximum atomic E-state index is 6.19. The molecule has 0 saturated carbocycles. The van der Waals surface area contributed by atoms with Crippen molar-refractivity contribution in [2.45, 2.75) is 23.8 Å². The van der Waals surface area contributed by atoms with Gasteiger partial charge in [0.2, 0.25) is 0 Å². The van der Waals surface area contributed by atoms with Gasteiger partial charge in [-0.05, 0) is 13.8 Å². The van der Waals surface area contributed by atoms with E-state index in [1.807, 2.05) is 25.6 Å². The Balaban J connectivity index is 2.15. The van der Waals surface area contributed by atoms with Crippen molar-refractivity contribution in [1.29, 1.82) is 0 Å². The van der Waals surface area contributed by atoms with Gasteiger partial charge in [-0.2, -0.15) is 5.10 Å². The maximum Gasteiger partial charge on any atom is 0.181 e. The molecule has 0 aliphatic rings. The van der Waals surface area contributed by atoms with Crippen molar-refractivity contribution < 1.29 is 0 Å². The predicted octanol–water partition coefficient (Wildman–Crippen LogP) is 3.02. The molecule has 4 nitrogen and oxygen atoms in total. The summed E-state index contributed by atoms with van der Waals surface area (Å²) in [7, 11) is 1.91. The zero-order chi connectivity index (χ0) is 12.6. The summed E-state index contributed by atoms with van der Waals surface area (Å²) in [5.74, 6) is 0.776. The van der Waals surface area contributed by atoms with Gasteiger partial charge in [0, 0.05) is 12.8 Å². The number of nitrogen functional groups attached to an aromatic ring is 1. The van der Waals surface area contributed by atoms with E-state index in [1.54, 1.807) is 11.8 Å². The quantitative estimate of drug-likeness (QED) is 0.882. The van der Waals surface area contributed by atoms with Crippen LogP contribution in [-0.2, 0) is 12.8 Å². The minimum Gasteiger partial charge on any atom is -0.375 e. The van der Waals surface area contributed by atoms with E-state index < -0.39 is 0 Å². The van der Waals surface area contributed by atoms with Crippen LogP contribution in [0.1, 0.15) is 17.1 Å². The first-order valence-electron chi connectivity index (χ1n) is 5.02. The van der Waals surface area contributed by atoms with Gasteiger partial charge in [0.15, 0.2) is 5.13 Å². The van der Waals surface area contributed by atoms with E-state index in [2.05, 4.69) is 10.1 Å². The molecule has 2 heterocycles. The van der Waals surface area contributed by atoms with Gasteiger partial charge in [-0.15, -0.1) is 11.8 Å². The van der Waals surface area contributed by atoms with Crippen LogP contribution in [0.4, 0.5) is 5.13 Å². The van der Waals surface area contributed by atoms with Crippen LogP contribution < -0.4 is 5.73 Å². The zero-order valence-corrected chi connectivity index (χ0v) is 12.2. The summed E-state index contributed by atoms with van der Waals surface area (Å²) in [5.41, 5.74) is 8.54. The normalized spacial score (nSPS) is 11.1. The lowest BCUT2D eigenvalue weighted by atomic mass is 10.4. The van der Waals surface area contributed by atoms with E-state index in [9.17, 15) is 0 Å². The lowest BCUT2D eigenvalue weighted by Gasteiger charge is -2.01. The standard InChI is InChI=1S/C10H13ClN4S2/c1-5-8(11)7(15(3)14-5)4-16-9-6(2)13-10(12)17-9/h4H2,1-3H3,(H2,12,13). The zero-order valence-electron chi connectivity index (χ0n) is 9.82. The van der Waals surface area contributed by atoms with Gasteiger partial charge in [-0.3, -0.25) is 4.68 Å². The van der Waals surface area contributed by atoms with Crippen LogP contribution in [0.15, 0.2) is 4.21 Å². The third kappa shape index (κ3) is 2.59. The number of hydrogen-bond donors (Lipinski definition) is 1. The van der Waals surface area contributed by atoms with Crippen molar-refractivity contribution in [3.63, 3.8) is 0 Å². The van der Waals surface area contributed by atoms with Gasteiger partial charge < -0.3 is 5.73 Å².